The molecule has 7 heteroatoms. The lowest BCUT2D eigenvalue weighted by Crippen LogP contribution is -2.41. The second-order valence-corrected chi connectivity index (χ2v) is 8.41. The fourth-order valence-electron chi connectivity index (χ4n) is 4.39. The lowest BCUT2D eigenvalue weighted by molar-refractivity contribution is 0.256. The highest BCUT2D eigenvalue weighted by Crippen LogP contribution is 2.36. The normalized spacial score (nSPS) is 17.8. The van der Waals surface area contributed by atoms with E-state index >= 15 is 0 Å². The summed E-state index contributed by atoms with van der Waals surface area (Å²) >= 11 is 2.45. The molecule has 0 radical (unpaired) electrons. The van der Waals surface area contributed by atoms with Gasteiger partial charge < -0.3 is 5.32 Å². The third-order valence-electron chi connectivity index (χ3n) is 5.81. The Morgan fingerprint density at radius 1 is 1.21 bits per heavy atom. The number of nitrogens with one attached hydrogen (secondary N) is 2. The van der Waals surface area contributed by atoms with E-state index in [2.05, 4.69) is 90.5 Å². The number of aromatic amines is 1. The van der Waals surface area contributed by atoms with Crippen LogP contribution in [0.25, 0.3) is 32.9 Å². The first-order valence-corrected chi connectivity index (χ1v) is 11.5. The summed E-state index contributed by atoms with van der Waals surface area (Å²) in [5.74, 6) is 0. The Morgan fingerprint density at radius 2 is 2.14 bits per heavy atom. The molecule has 6 nitrogen and oxygen atoms in total. The van der Waals surface area contributed by atoms with E-state index in [9.17, 15) is 0 Å². The number of anilines is 1. The molecule has 0 aliphatic carbocycles. The fourth-order valence-corrected chi connectivity index (χ4v) is 5.00. The number of likely N-dealkylation sites (tertiary alicyclic amines) is 1. The van der Waals surface area contributed by atoms with Crippen LogP contribution in [0.2, 0.25) is 0 Å². The molecule has 2 aromatic heterocycles. The largest absolute Gasteiger partial charge is 0.379 e. The number of H-pyrrole nitrogens is 1. The molecule has 5 rings (SSSR count). The van der Waals surface area contributed by atoms with Crippen LogP contribution in [0, 0.1) is 6.92 Å². The standard InChI is InChI=1S/C22H23IN6/c1-14-7-8-19-18(10-24-27-19)21(14)17-6-2-5-16-20(11-25-28-22(16)17)26-15-4-3-9-29(12-15)13-23/h2,5-8,10-11,15H,3-4,9,12-13H2,1H3,(H,24,27)(H,26,28). The summed E-state index contributed by atoms with van der Waals surface area (Å²) in [5, 5.41) is 22.2. The van der Waals surface area contributed by atoms with Crippen LogP contribution in [-0.4, -0.2) is 49.0 Å². The maximum Gasteiger partial charge on any atom is 0.103 e. The van der Waals surface area contributed by atoms with Crippen LogP contribution in [0.5, 0.6) is 0 Å². The van der Waals surface area contributed by atoms with E-state index in [-0.39, 0.29) is 0 Å². The van der Waals surface area contributed by atoms with Gasteiger partial charge in [0, 0.05) is 28.9 Å². The fraction of sp³-hybridized carbons (Fsp3) is 0.318. The molecule has 1 aliphatic heterocycles. The van der Waals surface area contributed by atoms with Crippen molar-refractivity contribution in [3.05, 3.63) is 48.3 Å². The van der Waals surface area contributed by atoms with Gasteiger partial charge in [0.05, 0.1) is 28.1 Å². The van der Waals surface area contributed by atoms with Gasteiger partial charge in [0.15, 0.2) is 0 Å². The highest BCUT2D eigenvalue weighted by Gasteiger charge is 2.20. The van der Waals surface area contributed by atoms with Crippen molar-refractivity contribution in [2.24, 2.45) is 0 Å². The second-order valence-electron chi connectivity index (χ2n) is 7.73. The molecule has 0 amide bonds. The number of alkyl halides is 1. The van der Waals surface area contributed by atoms with Crippen LogP contribution in [-0.2, 0) is 0 Å². The van der Waals surface area contributed by atoms with Crippen molar-refractivity contribution in [2.45, 2.75) is 25.8 Å². The molecule has 1 fully saturated rings. The third kappa shape index (κ3) is 3.46. The zero-order valence-corrected chi connectivity index (χ0v) is 18.5. The molecule has 4 aromatic rings. The molecule has 148 valence electrons. The van der Waals surface area contributed by atoms with Crippen molar-refractivity contribution < 1.29 is 0 Å². The molecule has 0 saturated carbocycles. The number of aromatic nitrogens is 4. The SMILES string of the molecule is Cc1ccc2[nH]ncc2c1-c1cccc2c(NC3CCCN(CI)C3)cnnc12. The molecule has 1 saturated heterocycles. The Bertz CT molecular complexity index is 1170. The molecular weight excluding hydrogens is 475 g/mol. The molecule has 3 heterocycles. The number of hydrogen-bond donors (Lipinski definition) is 2. The van der Waals surface area contributed by atoms with Crippen LogP contribution in [0.4, 0.5) is 5.69 Å². The molecule has 2 N–H and O–H groups in total. The summed E-state index contributed by atoms with van der Waals surface area (Å²) in [6, 6.07) is 11.0. The minimum Gasteiger partial charge on any atom is -0.379 e. The number of hydrogen-bond acceptors (Lipinski definition) is 5. The number of benzene rings is 2. The molecule has 29 heavy (non-hydrogen) atoms. The average molecular weight is 498 g/mol. The van der Waals surface area contributed by atoms with Gasteiger partial charge in [-0.2, -0.15) is 10.2 Å². The topological polar surface area (TPSA) is 69.7 Å². The van der Waals surface area contributed by atoms with E-state index in [4.69, 9.17) is 0 Å². The van der Waals surface area contributed by atoms with Crippen molar-refractivity contribution in [1.29, 1.82) is 0 Å². The first kappa shape index (κ1) is 18.7. The minimum absolute atomic E-state index is 0.439. The molecule has 1 aliphatic rings. The second kappa shape index (κ2) is 7.87. The van der Waals surface area contributed by atoms with E-state index in [0.29, 0.717) is 6.04 Å². The predicted molar refractivity (Wildman–Crippen MR) is 126 cm³/mol. The molecule has 1 unspecified atom stereocenters. The third-order valence-corrected chi connectivity index (χ3v) is 6.77. The number of fused-ring (bicyclic) bond motifs is 2. The van der Waals surface area contributed by atoms with Crippen molar-refractivity contribution in [3.63, 3.8) is 0 Å². The van der Waals surface area contributed by atoms with Gasteiger partial charge in [-0.25, -0.2) is 0 Å². The van der Waals surface area contributed by atoms with Crippen molar-refractivity contribution >= 4 is 50.1 Å². The van der Waals surface area contributed by atoms with E-state index in [1.165, 1.54) is 30.5 Å². The smallest absolute Gasteiger partial charge is 0.103 e. The van der Waals surface area contributed by atoms with Gasteiger partial charge in [0.2, 0.25) is 0 Å². The molecule has 0 spiro atoms. The Morgan fingerprint density at radius 3 is 3.03 bits per heavy atom. The lowest BCUT2D eigenvalue weighted by Gasteiger charge is -2.32. The maximum absolute atomic E-state index is 4.54. The van der Waals surface area contributed by atoms with Crippen molar-refractivity contribution in [3.8, 4) is 11.1 Å². The molecule has 2 aromatic carbocycles. The minimum atomic E-state index is 0.439. The summed E-state index contributed by atoms with van der Waals surface area (Å²) in [6.45, 7) is 4.39. The number of halogens is 1. The number of rotatable bonds is 4. The Balaban J connectivity index is 1.60. The van der Waals surface area contributed by atoms with E-state index in [1.54, 1.807) is 0 Å². The van der Waals surface area contributed by atoms with E-state index < -0.39 is 0 Å². The van der Waals surface area contributed by atoms with Crippen LogP contribution < -0.4 is 5.32 Å². The maximum atomic E-state index is 4.54. The quantitative estimate of drug-likeness (QED) is 0.242. The van der Waals surface area contributed by atoms with E-state index in [0.717, 1.165) is 44.2 Å². The molecule has 1 atom stereocenters. The van der Waals surface area contributed by atoms with Gasteiger partial charge in [0.1, 0.15) is 5.52 Å². The lowest BCUT2D eigenvalue weighted by atomic mass is 9.95. The van der Waals surface area contributed by atoms with Gasteiger partial charge in [-0.3, -0.25) is 10.00 Å². The van der Waals surface area contributed by atoms with Gasteiger partial charge in [-0.1, -0.05) is 46.9 Å². The van der Waals surface area contributed by atoms with Gasteiger partial charge in [-0.05, 0) is 43.5 Å². The summed E-state index contributed by atoms with van der Waals surface area (Å²) < 4.78 is 1.07. The Labute approximate surface area is 183 Å². The Hall–Kier alpha value is -2.26. The summed E-state index contributed by atoms with van der Waals surface area (Å²) in [6.07, 6.45) is 6.17. The number of piperidine rings is 1. The average Bonchev–Trinajstić information content (AvgIpc) is 3.23. The molecular formula is C22H23IN6. The highest BCUT2D eigenvalue weighted by atomic mass is 127. The van der Waals surface area contributed by atoms with Crippen LogP contribution in [0.3, 0.4) is 0 Å². The summed E-state index contributed by atoms with van der Waals surface area (Å²) in [7, 11) is 0. The highest BCUT2D eigenvalue weighted by molar-refractivity contribution is 14.1. The van der Waals surface area contributed by atoms with Gasteiger partial charge >= 0.3 is 0 Å². The number of nitrogens with zero attached hydrogens (tertiary/aromatic N) is 4. The first-order valence-electron chi connectivity index (χ1n) is 9.97. The van der Waals surface area contributed by atoms with Crippen LogP contribution in [0.15, 0.2) is 42.7 Å². The monoisotopic (exact) mass is 498 g/mol. The zero-order valence-electron chi connectivity index (χ0n) is 16.3. The van der Waals surface area contributed by atoms with Crippen molar-refractivity contribution in [1.82, 2.24) is 25.3 Å². The van der Waals surface area contributed by atoms with Crippen LogP contribution >= 0.6 is 22.6 Å². The van der Waals surface area contributed by atoms with Gasteiger partial charge in [0.25, 0.3) is 0 Å². The first-order chi connectivity index (χ1) is 14.2. The van der Waals surface area contributed by atoms with Crippen LogP contribution in [0.1, 0.15) is 18.4 Å². The number of aryl methyl sites for hydroxylation is 1. The Kier molecular flexibility index (Phi) is 5.09. The summed E-state index contributed by atoms with van der Waals surface area (Å²) in [5.41, 5.74) is 6.50. The summed E-state index contributed by atoms with van der Waals surface area (Å²) in [4.78, 5) is 2.49. The molecule has 0 bridgehead atoms. The van der Waals surface area contributed by atoms with Crippen molar-refractivity contribution in [2.75, 3.05) is 23.0 Å². The predicted octanol–water partition coefficient (Wildman–Crippen LogP) is 4.75. The zero-order chi connectivity index (χ0) is 19.8. The van der Waals surface area contributed by atoms with Gasteiger partial charge in [-0.15, -0.1) is 5.10 Å². The van der Waals surface area contributed by atoms with E-state index in [1.807, 2.05) is 12.4 Å².